The van der Waals surface area contributed by atoms with E-state index in [0.717, 1.165) is 18.8 Å². The highest BCUT2D eigenvalue weighted by molar-refractivity contribution is 5.47. The molecule has 0 fully saturated rings. The summed E-state index contributed by atoms with van der Waals surface area (Å²) in [5.74, 6) is 1.10. The van der Waals surface area contributed by atoms with Gasteiger partial charge in [-0.25, -0.2) is 0 Å². The lowest BCUT2D eigenvalue weighted by Crippen LogP contribution is -2.26. The van der Waals surface area contributed by atoms with E-state index in [1.54, 1.807) is 0 Å². The second-order valence-electron chi connectivity index (χ2n) is 5.45. The zero-order valence-electron chi connectivity index (χ0n) is 10.6. The van der Waals surface area contributed by atoms with Crippen molar-refractivity contribution in [3.05, 3.63) is 29.3 Å². The van der Waals surface area contributed by atoms with E-state index in [9.17, 15) is 0 Å². The molecule has 0 bridgehead atoms. The fourth-order valence-corrected chi connectivity index (χ4v) is 2.32. The van der Waals surface area contributed by atoms with Gasteiger partial charge in [0.05, 0.1) is 6.61 Å². The van der Waals surface area contributed by atoms with Crippen LogP contribution in [0.4, 0.5) is 0 Å². The maximum atomic E-state index is 5.87. The predicted octanol–water partition coefficient (Wildman–Crippen LogP) is 3.03. The van der Waals surface area contributed by atoms with Gasteiger partial charge in [0.25, 0.3) is 0 Å². The Hall–Kier alpha value is -1.02. The van der Waals surface area contributed by atoms with Crippen LogP contribution in [0.3, 0.4) is 0 Å². The van der Waals surface area contributed by atoms with Crippen molar-refractivity contribution in [1.82, 2.24) is 5.32 Å². The second kappa shape index (κ2) is 4.10. The van der Waals surface area contributed by atoms with Crippen LogP contribution in [0.5, 0.6) is 5.75 Å². The number of ether oxygens (including phenoxy) is 1. The Bertz CT molecular complexity index is 379. The van der Waals surface area contributed by atoms with E-state index in [1.165, 1.54) is 11.1 Å². The maximum absolute atomic E-state index is 5.87. The Morgan fingerprint density at radius 3 is 2.69 bits per heavy atom. The van der Waals surface area contributed by atoms with E-state index in [-0.39, 0.29) is 5.41 Å². The molecule has 0 aromatic heterocycles. The number of benzene rings is 1. The summed E-state index contributed by atoms with van der Waals surface area (Å²) in [4.78, 5) is 0. The van der Waals surface area contributed by atoms with Crippen molar-refractivity contribution >= 4 is 0 Å². The van der Waals surface area contributed by atoms with Crippen molar-refractivity contribution < 1.29 is 4.74 Å². The van der Waals surface area contributed by atoms with Gasteiger partial charge in [-0.2, -0.15) is 0 Å². The Morgan fingerprint density at radius 1 is 1.31 bits per heavy atom. The van der Waals surface area contributed by atoms with Gasteiger partial charge in [-0.15, -0.1) is 0 Å². The molecule has 1 unspecified atom stereocenters. The Balaban J connectivity index is 2.51. The molecule has 88 valence electrons. The average Bonchev–Trinajstić information content (AvgIpc) is 2.26. The summed E-state index contributed by atoms with van der Waals surface area (Å²) in [6.07, 6.45) is 1.05. The first-order valence-corrected chi connectivity index (χ1v) is 5.97. The number of rotatable bonds is 1. The molecule has 1 aromatic carbocycles. The van der Waals surface area contributed by atoms with Crippen LogP contribution in [0.15, 0.2) is 18.2 Å². The summed E-state index contributed by atoms with van der Waals surface area (Å²) >= 11 is 0. The molecule has 16 heavy (non-hydrogen) atoms. The van der Waals surface area contributed by atoms with Gasteiger partial charge in [0.15, 0.2) is 0 Å². The minimum Gasteiger partial charge on any atom is -0.493 e. The lowest BCUT2D eigenvalue weighted by molar-refractivity contribution is 0.251. The number of nitrogens with one attached hydrogen (secondary N) is 1. The van der Waals surface area contributed by atoms with E-state index < -0.39 is 0 Å². The summed E-state index contributed by atoms with van der Waals surface area (Å²) in [7, 11) is 2.02. The first kappa shape index (κ1) is 11.5. The molecule has 0 saturated heterocycles. The van der Waals surface area contributed by atoms with Crippen molar-refractivity contribution in [3.63, 3.8) is 0 Å². The monoisotopic (exact) mass is 219 g/mol. The largest absolute Gasteiger partial charge is 0.493 e. The fourth-order valence-electron chi connectivity index (χ4n) is 2.32. The van der Waals surface area contributed by atoms with Crippen LogP contribution in [-0.4, -0.2) is 13.7 Å². The SMILES string of the molecule is CNC1CCOc2c1cccc2C(C)(C)C. The third-order valence-electron chi connectivity index (χ3n) is 3.23. The maximum Gasteiger partial charge on any atom is 0.127 e. The lowest BCUT2D eigenvalue weighted by atomic mass is 9.83. The fraction of sp³-hybridized carbons (Fsp3) is 0.571. The molecule has 0 radical (unpaired) electrons. The van der Waals surface area contributed by atoms with Gasteiger partial charge >= 0.3 is 0 Å². The quantitative estimate of drug-likeness (QED) is 0.784. The predicted molar refractivity (Wildman–Crippen MR) is 67.1 cm³/mol. The molecule has 2 rings (SSSR count). The van der Waals surface area contributed by atoms with Gasteiger partial charge in [0.1, 0.15) is 5.75 Å². The minimum atomic E-state index is 0.140. The van der Waals surface area contributed by atoms with Crippen LogP contribution in [0.25, 0.3) is 0 Å². The molecular formula is C14H21NO. The van der Waals surface area contributed by atoms with Crippen molar-refractivity contribution in [3.8, 4) is 5.75 Å². The number of para-hydroxylation sites is 1. The summed E-state index contributed by atoms with van der Waals surface area (Å²) in [5.41, 5.74) is 2.76. The second-order valence-corrected chi connectivity index (χ2v) is 5.45. The van der Waals surface area contributed by atoms with Gasteiger partial charge in [0, 0.05) is 18.0 Å². The molecule has 1 atom stereocenters. The summed E-state index contributed by atoms with van der Waals surface area (Å²) in [5, 5.41) is 3.36. The zero-order chi connectivity index (χ0) is 11.8. The first-order chi connectivity index (χ1) is 7.54. The van der Waals surface area contributed by atoms with Crippen LogP contribution >= 0.6 is 0 Å². The summed E-state index contributed by atoms with van der Waals surface area (Å²) in [6, 6.07) is 6.92. The highest BCUT2D eigenvalue weighted by atomic mass is 16.5. The Kier molecular flexibility index (Phi) is 2.94. The van der Waals surface area contributed by atoms with Crippen molar-refractivity contribution in [2.45, 2.75) is 38.6 Å². The Labute approximate surface area is 98.0 Å². The average molecular weight is 219 g/mol. The molecule has 0 saturated carbocycles. The molecule has 1 aromatic rings. The zero-order valence-corrected chi connectivity index (χ0v) is 10.6. The molecule has 0 aliphatic carbocycles. The van der Waals surface area contributed by atoms with Crippen molar-refractivity contribution in [1.29, 1.82) is 0 Å². The summed E-state index contributed by atoms with van der Waals surface area (Å²) < 4.78 is 5.87. The topological polar surface area (TPSA) is 21.3 Å². The first-order valence-electron chi connectivity index (χ1n) is 5.97. The van der Waals surface area contributed by atoms with E-state index in [4.69, 9.17) is 4.74 Å². The van der Waals surface area contributed by atoms with E-state index >= 15 is 0 Å². The van der Waals surface area contributed by atoms with Crippen LogP contribution in [0, 0.1) is 0 Å². The van der Waals surface area contributed by atoms with Gasteiger partial charge in [-0.1, -0.05) is 39.0 Å². The molecule has 0 amide bonds. The molecule has 0 spiro atoms. The van der Waals surface area contributed by atoms with Gasteiger partial charge in [-0.05, 0) is 18.0 Å². The molecule has 2 heteroatoms. The molecule has 1 N–H and O–H groups in total. The van der Waals surface area contributed by atoms with Crippen LogP contribution in [0.1, 0.15) is 44.4 Å². The lowest BCUT2D eigenvalue weighted by Gasteiger charge is -2.31. The molecular weight excluding hydrogens is 198 g/mol. The highest BCUT2D eigenvalue weighted by Gasteiger charge is 2.26. The third kappa shape index (κ3) is 1.94. The van der Waals surface area contributed by atoms with E-state index in [1.807, 2.05) is 7.05 Å². The molecule has 1 aliphatic heterocycles. The minimum absolute atomic E-state index is 0.140. The normalized spacial score (nSPS) is 20.1. The molecule has 1 heterocycles. The Morgan fingerprint density at radius 2 is 2.06 bits per heavy atom. The van der Waals surface area contributed by atoms with Crippen molar-refractivity contribution in [2.24, 2.45) is 0 Å². The van der Waals surface area contributed by atoms with E-state index in [0.29, 0.717) is 6.04 Å². The number of fused-ring (bicyclic) bond motifs is 1. The van der Waals surface area contributed by atoms with Gasteiger partial charge < -0.3 is 10.1 Å². The number of hydrogen-bond donors (Lipinski definition) is 1. The highest BCUT2D eigenvalue weighted by Crippen LogP contribution is 2.39. The number of hydrogen-bond acceptors (Lipinski definition) is 2. The van der Waals surface area contributed by atoms with Crippen molar-refractivity contribution in [2.75, 3.05) is 13.7 Å². The van der Waals surface area contributed by atoms with Crippen LogP contribution in [0.2, 0.25) is 0 Å². The third-order valence-corrected chi connectivity index (χ3v) is 3.23. The molecule has 2 nitrogen and oxygen atoms in total. The van der Waals surface area contributed by atoms with E-state index in [2.05, 4.69) is 44.3 Å². The van der Waals surface area contributed by atoms with Gasteiger partial charge in [0.2, 0.25) is 0 Å². The van der Waals surface area contributed by atoms with Crippen LogP contribution < -0.4 is 10.1 Å². The van der Waals surface area contributed by atoms with Crippen LogP contribution in [-0.2, 0) is 5.41 Å². The summed E-state index contributed by atoms with van der Waals surface area (Å²) in [6.45, 7) is 7.50. The smallest absolute Gasteiger partial charge is 0.127 e. The molecule has 1 aliphatic rings. The standard InChI is InChI=1S/C14H21NO/c1-14(2,3)11-7-5-6-10-12(15-4)8-9-16-13(10)11/h5-7,12,15H,8-9H2,1-4H3. The van der Waals surface area contributed by atoms with Gasteiger partial charge in [-0.3, -0.25) is 0 Å².